The molecule has 0 aliphatic heterocycles. The van der Waals surface area contributed by atoms with Crippen LogP contribution in [0.25, 0.3) is 0 Å². The second kappa shape index (κ2) is 8.16. The van der Waals surface area contributed by atoms with Crippen molar-refractivity contribution >= 4 is 23.2 Å². The lowest BCUT2D eigenvalue weighted by molar-refractivity contribution is 0.0910. The van der Waals surface area contributed by atoms with Gasteiger partial charge >= 0.3 is 0 Å². The molecule has 0 bridgehead atoms. The molecule has 1 heterocycles. The number of aromatic nitrogens is 2. The van der Waals surface area contributed by atoms with Gasteiger partial charge in [0.25, 0.3) is 5.91 Å². The Morgan fingerprint density at radius 3 is 2.70 bits per heavy atom. The monoisotopic (exact) mass is 333 g/mol. The zero-order valence-electron chi connectivity index (χ0n) is 14.0. The Morgan fingerprint density at radius 1 is 1.26 bits per heavy atom. The Kier molecular flexibility index (Phi) is 6.22. The molecule has 1 aromatic heterocycles. The summed E-state index contributed by atoms with van der Waals surface area (Å²) in [4.78, 5) is 12.4. The van der Waals surface area contributed by atoms with Gasteiger partial charge in [0, 0.05) is 5.69 Å². The molecule has 23 heavy (non-hydrogen) atoms. The van der Waals surface area contributed by atoms with E-state index in [2.05, 4.69) is 17.3 Å². The highest BCUT2D eigenvalue weighted by Crippen LogP contribution is 2.20. The van der Waals surface area contributed by atoms with E-state index in [1.165, 1.54) is 23.1 Å². The number of carbonyl (C=O) groups is 1. The molecular weight excluding hydrogens is 310 g/mol. The third-order valence-electron chi connectivity index (χ3n) is 4.01. The molecule has 2 aromatic rings. The van der Waals surface area contributed by atoms with Crippen molar-refractivity contribution in [3.63, 3.8) is 0 Å². The molecule has 0 unspecified atom stereocenters. The van der Waals surface area contributed by atoms with Crippen LogP contribution < -0.4 is 5.32 Å². The zero-order valence-corrected chi connectivity index (χ0v) is 14.8. The lowest BCUT2D eigenvalue weighted by Gasteiger charge is -2.08. The fraction of sp³-hybridized carbons (Fsp3) is 0.444. The lowest BCUT2D eigenvalue weighted by Crippen LogP contribution is -2.23. The number of carbonyl (C=O) groups excluding carboxylic acids is 1. The van der Waals surface area contributed by atoms with Gasteiger partial charge in [-0.15, -0.1) is 0 Å². The second-order valence-electron chi connectivity index (χ2n) is 5.75. The van der Waals surface area contributed by atoms with Gasteiger partial charge in [-0.05, 0) is 44.4 Å². The molecule has 1 aromatic carbocycles. The first-order valence-corrected chi connectivity index (χ1v) is 8.49. The largest absolute Gasteiger partial charge is 0.375 e. The minimum absolute atomic E-state index is 0.0766. The van der Waals surface area contributed by atoms with E-state index in [1.54, 1.807) is 6.07 Å². The fourth-order valence-corrected chi connectivity index (χ4v) is 2.88. The Bertz CT molecular complexity index is 679. The van der Waals surface area contributed by atoms with Crippen molar-refractivity contribution < 1.29 is 4.79 Å². The first kappa shape index (κ1) is 17.5. The number of hydrogen-bond acceptors (Lipinski definition) is 3. The van der Waals surface area contributed by atoms with Crippen LogP contribution in [0.2, 0.25) is 5.02 Å². The molecule has 0 aliphatic rings. The first-order chi connectivity index (χ1) is 11.0. The molecule has 5 heteroatoms. The molecule has 0 fully saturated rings. The maximum absolute atomic E-state index is 12.4. The number of nitrogens with zero attached hydrogens (tertiary/aromatic N) is 2. The Morgan fingerprint density at radius 2 is 2.00 bits per heavy atom. The number of nitrogens with one attached hydrogen (secondary N) is 1. The van der Waals surface area contributed by atoms with Crippen LogP contribution >= 0.6 is 11.6 Å². The number of aryl methyl sites for hydroxylation is 1. The summed E-state index contributed by atoms with van der Waals surface area (Å²) in [6, 6.07) is 7.39. The molecule has 124 valence electrons. The van der Waals surface area contributed by atoms with Crippen LogP contribution in [0.15, 0.2) is 24.3 Å². The third-order valence-corrected chi connectivity index (χ3v) is 4.34. The molecule has 0 saturated carbocycles. The van der Waals surface area contributed by atoms with Gasteiger partial charge < -0.3 is 5.32 Å². The van der Waals surface area contributed by atoms with Crippen LogP contribution in [0.3, 0.4) is 0 Å². The van der Waals surface area contributed by atoms with Gasteiger partial charge in [0.2, 0.25) is 0 Å². The quantitative estimate of drug-likeness (QED) is 0.751. The van der Waals surface area contributed by atoms with Gasteiger partial charge in [0.1, 0.15) is 0 Å². The standard InChI is InChI=1S/C18H24ClN3O/c1-4-5-6-9-15-13(2)21-22(14(15)3)18(23)12-20-17-11-8-7-10-16(17)19/h7-8,10-11,20H,4-6,9,12H2,1-3H3. The first-order valence-electron chi connectivity index (χ1n) is 8.11. The van der Waals surface area contributed by atoms with Crippen molar-refractivity contribution in [1.29, 1.82) is 0 Å². The molecule has 0 radical (unpaired) electrons. The molecule has 0 saturated heterocycles. The molecule has 0 spiro atoms. The summed E-state index contributed by atoms with van der Waals surface area (Å²) in [5, 5.41) is 8.10. The van der Waals surface area contributed by atoms with Crippen LogP contribution in [-0.2, 0) is 6.42 Å². The number of hydrogen-bond donors (Lipinski definition) is 1. The van der Waals surface area contributed by atoms with Crippen molar-refractivity contribution in [1.82, 2.24) is 9.78 Å². The van der Waals surface area contributed by atoms with E-state index in [0.717, 1.165) is 29.9 Å². The van der Waals surface area contributed by atoms with E-state index < -0.39 is 0 Å². The molecule has 0 atom stereocenters. The SMILES string of the molecule is CCCCCc1c(C)nn(C(=O)CNc2ccccc2Cl)c1C. The summed E-state index contributed by atoms with van der Waals surface area (Å²) >= 11 is 6.09. The minimum Gasteiger partial charge on any atom is -0.375 e. The summed E-state index contributed by atoms with van der Waals surface area (Å²) < 4.78 is 1.51. The summed E-state index contributed by atoms with van der Waals surface area (Å²) in [6.45, 7) is 6.29. The van der Waals surface area contributed by atoms with Crippen molar-refractivity contribution in [3.05, 3.63) is 46.2 Å². The van der Waals surface area contributed by atoms with Crippen molar-refractivity contribution in [3.8, 4) is 0 Å². The third kappa shape index (κ3) is 4.35. The highest BCUT2D eigenvalue weighted by Gasteiger charge is 2.16. The van der Waals surface area contributed by atoms with Gasteiger partial charge in [-0.1, -0.05) is 43.5 Å². The van der Waals surface area contributed by atoms with E-state index >= 15 is 0 Å². The Hall–Kier alpha value is -1.81. The normalized spacial score (nSPS) is 10.8. The van der Waals surface area contributed by atoms with Crippen LogP contribution in [0.1, 0.15) is 47.9 Å². The highest BCUT2D eigenvalue weighted by atomic mass is 35.5. The van der Waals surface area contributed by atoms with Gasteiger partial charge in [-0.25, -0.2) is 4.68 Å². The minimum atomic E-state index is -0.0766. The predicted molar refractivity (Wildman–Crippen MR) is 95.5 cm³/mol. The fourth-order valence-electron chi connectivity index (χ4n) is 2.68. The van der Waals surface area contributed by atoms with Gasteiger partial charge in [-0.2, -0.15) is 5.10 Å². The zero-order chi connectivity index (χ0) is 16.8. The number of halogens is 1. The molecule has 4 nitrogen and oxygen atoms in total. The molecule has 0 amide bonds. The maximum atomic E-state index is 12.4. The Balaban J connectivity index is 2.05. The van der Waals surface area contributed by atoms with E-state index in [4.69, 9.17) is 11.6 Å². The molecule has 1 N–H and O–H groups in total. The van der Waals surface area contributed by atoms with E-state index in [9.17, 15) is 4.79 Å². The number of benzene rings is 1. The topological polar surface area (TPSA) is 46.9 Å². The van der Waals surface area contributed by atoms with Gasteiger partial charge in [-0.3, -0.25) is 4.79 Å². The lowest BCUT2D eigenvalue weighted by atomic mass is 10.1. The van der Waals surface area contributed by atoms with E-state index in [1.807, 2.05) is 32.0 Å². The summed E-state index contributed by atoms with van der Waals surface area (Å²) in [7, 11) is 0. The summed E-state index contributed by atoms with van der Waals surface area (Å²) in [5.41, 5.74) is 3.85. The van der Waals surface area contributed by atoms with Crippen LogP contribution in [-0.4, -0.2) is 22.2 Å². The molecule has 0 aliphatic carbocycles. The maximum Gasteiger partial charge on any atom is 0.266 e. The number of rotatable bonds is 7. The molecule has 2 rings (SSSR count). The van der Waals surface area contributed by atoms with Gasteiger partial charge in [0.05, 0.1) is 22.9 Å². The smallest absolute Gasteiger partial charge is 0.266 e. The summed E-state index contributed by atoms with van der Waals surface area (Å²) in [6.07, 6.45) is 4.51. The van der Waals surface area contributed by atoms with Crippen LogP contribution in [0.5, 0.6) is 0 Å². The predicted octanol–water partition coefficient (Wildman–Crippen LogP) is 4.64. The van der Waals surface area contributed by atoms with Crippen LogP contribution in [0, 0.1) is 13.8 Å². The van der Waals surface area contributed by atoms with Crippen LogP contribution in [0.4, 0.5) is 5.69 Å². The van der Waals surface area contributed by atoms with Crippen molar-refractivity contribution in [2.45, 2.75) is 46.5 Å². The summed E-state index contributed by atoms with van der Waals surface area (Å²) in [5.74, 6) is -0.0766. The van der Waals surface area contributed by atoms with Crippen molar-refractivity contribution in [2.75, 3.05) is 11.9 Å². The van der Waals surface area contributed by atoms with E-state index in [-0.39, 0.29) is 12.5 Å². The van der Waals surface area contributed by atoms with Crippen molar-refractivity contribution in [2.24, 2.45) is 0 Å². The average Bonchev–Trinajstić information content (AvgIpc) is 2.82. The highest BCUT2D eigenvalue weighted by molar-refractivity contribution is 6.33. The Labute approximate surface area is 142 Å². The second-order valence-corrected chi connectivity index (χ2v) is 6.15. The number of anilines is 1. The molecular formula is C18H24ClN3O. The number of unbranched alkanes of at least 4 members (excludes halogenated alkanes) is 2. The van der Waals surface area contributed by atoms with Gasteiger partial charge in [0.15, 0.2) is 0 Å². The average molecular weight is 334 g/mol. The van der Waals surface area contributed by atoms with E-state index in [0.29, 0.717) is 5.02 Å². The number of para-hydroxylation sites is 1.